The second kappa shape index (κ2) is 7.57. The van der Waals surface area contributed by atoms with Crippen molar-refractivity contribution in [1.29, 1.82) is 0 Å². The van der Waals surface area contributed by atoms with Gasteiger partial charge in [-0.15, -0.1) is 0 Å². The average Bonchev–Trinajstić information content (AvgIpc) is 2.46. The summed E-state index contributed by atoms with van der Waals surface area (Å²) >= 11 is 3.38. The Bertz CT molecular complexity index is 586. The highest BCUT2D eigenvalue weighted by Gasteiger charge is 2.05. The van der Waals surface area contributed by atoms with E-state index in [0.29, 0.717) is 18.3 Å². The second-order valence-corrected chi connectivity index (χ2v) is 6.08. The van der Waals surface area contributed by atoms with Gasteiger partial charge in [0.1, 0.15) is 11.6 Å². The Balaban J connectivity index is 1.79. The number of nitrogens with one attached hydrogen (secondary N) is 1. The fourth-order valence-electron chi connectivity index (χ4n) is 2.10. The Labute approximate surface area is 133 Å². The number of phenolic OH excluding ortho intramolecular Hbond substituents is 1. The summed E-state index contributed by atoms with van der Waals surface area (Å²) in [5.41, 5.74) is 2.26. The molecule has 0 spiro atoms. The van der Waals surface area contributed by atoms with E-state index in [2.05, 4.69) is 28.2 Å². The van der Waals surface area contributed by atoms with Gasteiger partial charge in [0.15, 0.2) is 0 Å². The van der Waals surface area contributed by atoms with Crippen molar-refractivity contribution >= 4 is 15.9 Å². The largest absolute Gasteiger partial charge is 0.508 e. The van der Waals surface area contributed by atoms with Crippen molar-refractivity contribution in [3.63, 3.8) is 0 Å². The van der Waals surface area contributed by atoms with Gasteiger partial charge in [0.25, 0.3) is 0 Å². The summed E-state index contributed by atoms with van der Waals surface area (Å²) in [6, 6.07) is 12.4. The molecule has 0 fully saturated rings. The van der Waals surface area contributed by atoms with Gasteiger partial charge in [0.2, 0.25) is 0 Å². The Morgan fingerprint density at radius 2 is 1.90 bits per heavy atom. The lowest BCUT2D eigenvalue weighted by Gasteiger charge is -2.14. The highest BCUT2D eigenvalue weighted by molar-refractivity contribution is 9.10. The predicted molar refractivity (Wildman–Crippen MR) is 86.8 cm³/mol. The van der Waals surface area contributed by atoms with E-state index in [0.717, 1.165) is 22.9 Å². The molecule has 2 N–H and O–H groups in total. The molecule has 2 rings (SSSR count). The molecule has 0 saturated heterocycles. The molecular formula is C17H19BrFNO. The third-order valence-electron chi connectivity index (χ3n) is 3.46. The molecule has 0 bridgehead atoms. The summed E-state index contributed by atoms with van der Waals surface area (Å²) in [6.45, 7) is 2.84. The number of aromatic hydroxyl groups is 1. The van der Waals surface area contributed by atoms with Gasteiger partial charge >= 0.3 is 0 Å². The van der Waals surface area contributed by atoms with E-state index >= 15 is 0 Å². The van der Waals surface area contributed by atoms with Crippen molar-refractivity contribution in [1.82, 2.24) is 5.32 Å². The maximum Gasteiger partial charge on any atom is 0.124 e. The molecule has 0 amide bonds. The lowest BCUT2D eigenvalue weighted by atomic mass is 10.1. The molecule has 2 aromatic carbocycles. The first-order valence-corrected chi connectivity index (χ1v) is 7.79. The van der Waals surface area contributed by atoms with Gasteiger partial charge in [-0.25, -0.2) is 4.39 Å². The van der Waals surface area contributed by atoms with Crippen molar-refractivity contribution < 1.29 is 9.50 Å². The maximum absolute atomic E-state index is 13.0. The number of benzene rings is 2. The third kappa shape index (κ3) is 5.14. The monoisotopic (exact) mass is 351 g/mol. The molecule has 21 heavy (non-hydrogen) atoms. The second-order valence-electron chi connectivity index (χ2n) is 5.22. The zero-order valence-electron chi connectivity index (χ0n) is 11.9. The van der Waals surface area contributed by atoms with Crippen LogP contribution in [0.2, 0.25) is 0 Å². The van der Waals surface area contributed by atoms with Crippen molar-refractivity contribution in [2.75, 3.05) is 0 Å². The molecule has 4 heteroatoms. The molecule has 2 aromatic rings. The minimum atomic E-state index is -0.231. The fourth-order valence-corrected chi connectivity index (χ4v) is 2.59. The zero-order chi connectivity index (χ0) is 15.2. The van der Waals surface area contributed by atoms with Crippen LogP contribution in [0.5, 0.6) is 5.75 Å². The first kappa shape index (κ1) is 16.0. The first-order chi connectivity index (χ1) is 10.0. The van der Waals surface area contributed by atoms with Gasteiger partial charge < -0.3 is 10.4 Å². The summed E-state index contributed by atoms with van der Waals surface area (Å²) in [7, 11) is 0. The predicted octanol–water partition coefficient (Wildman–Crippen LogP) is 4.40. The van der Waals surface area contributed by atoms with Crippen molar-refractivity contribution in [3.8, 4) is 5.75 Å². The van der Waals surface area contributed by atoms with Crippen LogP contribution in [-0.2, 0) is 13.0 Å². The summed E-state index contributed by atoms with van der Waals surface area (Å²) < 4.78 is 13.8. The molecular weight excluding hydrogens is 333 g/mol. The molecule has 2 nitrogen and oxygen atoms in total. The van der Waals surface area contributed by atoms with Crippen LogP contribution in [0.4, 0.5) is 4.39 Å². The summed E-state index contributed by atoms with van der Waals surface area (Å²) in [4.78, 5) is 0. The van der Waals surface area contributed by atoms with Crippen molar-refractivity contribution in [2.45, 2.75) is 32.4 Å². The standard InChI is InChI=1S/C17H19BrFNO/c1-12(2-3-13-4-8-16(21)9-5-13)20-11-14-6-7-15(19)10-17(14)18/h4-10,12,20-21H,2-3,11H2,1H3. The van der Waals surface area contributed by atoms with Gasteiger partial charge in [-0.1, -0.05) is 34.1 Å². The first-order valence-electron chi connectivity index (χ1n) is 7.00. The van der Waals surface area contributed by atoms with E-state index in [1.165, 1.54) is 17.7 Å². The van der Waals surface area contributed by atoms with Crippen LogP contribution in [0.25, 0.3) is 0 Å². The van der Waals surface area contributed by atoms with Crippen LogP contribution in [0.15, 0.2) is 46.9 Å². The zero-order valence-corrected chi connectivity index (χ0v) is 13.5. The topological polar surface area (TPSA) is 32.3 Å². The molecule has 0 aromatic heterocycles. The van der Waals surface area contributed by atoms with Gasteiger partial charge in [-0.2, -0.15) is 0 Å². The van der Waals surface area contributed by atoms with Gasteiger partial charge in [-0.05, 0) is 55.2 Å². The van der Waals surface area contributed by atoms with Crippen molar-refractivity contribution in [2.24, 2.45) is 0 Å². The molecule has 112 valence electrons. The van der Waals surface area contributed by atoms with Crippen LogP contribution in [-0.4, -0.2) is 11.1 Å². The molecule has 0 heterocycles. The van der Waals surface area contributed by atoms with Crippen LogP contribution in [0.3, 0.4) is 0 Å². The Hall–Kier alpha value is -1.39. The quantitative estimate of drug-likeness (QED) is 0.807. The number of hydrogen-bond donors (Lipinski definition) is 2. The number of halogens is 2. The van der Waals surface area contributed by atoms with Gasteiger partial charge in [-0.3, -0.25) is 0 Å². The average molecular weight is 352 g/mol. The minimum Gasteiger partial charge on any atom is -0.508 e. The lowest BCUT2D eigenvalue weighted by Crippen LogP contribution is -2.26. The van der Waals surface area contributed by atoms with E-state index in [1.807, 2.05) is 12.1 Å². The Morgan fingerprint density at radius 1 is 1.19 bits per heavy atom. The van der Waals surface area contributed by atoms with E-state index in [4.69, 9.17) is 0 Å². The molecule has 0 saturated carbocycles. The third-order valence-corrected chi connectivity index (χ3v) is 4.20. The van der Waals surface area contributed by atoms with Crippen molar-refractivity contribution in [3.05, 3.63) is 63.9 Å². The molecule has 0 aliphatic carbocycles. The number of phenols is 1. The Kier molecular flexibility index (Phi) is 5.76. The Morgan fingerprint density at radius 3 is 2.57 bits per heavy atom. The van der Waals surface area contributed by atoms with E-state index in [9.17, 15) is 9.50 Å². The molecule has 0 aliphatic rings. The molecule has 0 aliphatic heterocycles. The maximum atomic E-state index is 13.0. The van der Waals surface area contributed by atoms with Crippen LogP contribution >= 0.6 is 15.9 Å². The van der Waals surface area contributed by atoms with Crippen LogP contribution in [0, 0.1) is 5.82 Å². The normalized spacial score (nSPS) is 12.3. The highest BCUT2D eigenvalue weighted by atomic mass is 79.9. The number of hydrogen-bond acceptors (Lipinski definition) is 2. The number of aryl methyl sites for hydroxylation is 1. The van der Waals surface area contributed by atoms with E-state index in [-0.39, 0.29) is 5.82 Å². The summed E-state index contributed by atoms with van der Waals surface area (Å²) in [5.74, 6) is 0.0667. The highest BCUT2D eigenvalue weighted by Crippen LogP contribution is 2.18. The van der Waals surface area contributed by atoms with Crippen LogP contribution < -0.4 is 5.32 Å². The van der Waals surface area contributed by atoms with Crippen LogP contribution in [0.1, 0.15) is 24.5 Å². The van der Waals surface area contributed by atoms with E-state index in [1.54, 1.807) is 18.2 Å². The summed E-state index contributed by atoms with van der Waals surface area (Å²) in [6.07, 6.45) is 1.96. The smallest absolute Gasteiger partial charge is 0.124 e. The molecule has 1 atom stereocenters. The SMILES string of the molecule is CC(CCc1ccc(O)cc1)NCc1ccc(F)cc1Br. The summed E-state index contributed by atoms with van der Waals surface area (Å²) in [5, 5.41) is 12.7. The van der Waals surface area contributed by atoms with E-state index < -0.39 is 0 Å². The fraction of sp³-hybridized carbons (Fsp3) is 0.294. The molecule has 1 unspecified atom stereocenters. The van der Waals surface area contributed by atoms with Gasteiger partial charge in [0.05, 0.1) is 0 Å². The number of rotatable bonds is 6. The van der Waals surface area contributed by atoms with Gasteiger partial charge in [0, 0.05) is 17.1 Å². The molecule has 0 radical (unpaired) electrons. The lowest BCUT2D eigenvalue weighted by molar-refractivity contribution is 0.474. The minimum absolute atomic E-state index is 0.231.